The highest BCUT2D eigenvalue weighted by atomic mass is 15.4. The van der Waals surface area contributed by atoms with Gasteiger partial charge < -0.3 is 5.43 Å². The van der Waals surface area contributed by atoms with Gasteiger partial charge in [-0.1, -0.05) is 48.6 Å². The van der Waals surface area contributed by atoms with Crippen LogP contribution < -0.4 is 11.0 Å². The van der Waals surface area contributed by atoms with Crippen molar-refractivity contribution < 1.29 is 0 Å². The molecule has 0 amide bonds. The summed E-state index contributed by atoms with van der Waals surface area (Å²) in [4.78, 5) is 0. The normalized spacial score (nSPS) is 22.7. The number of allylic oxidation sites excluding steroid dienone is 6. The van der Waals surface area contributed by atoms with E-state index in [1.54, 1.807) is 0 Å². The predicted octanol–water partition coefficient (Wildman–Crippen LogP) is 2.42. The second-order valence-electron chi connectivity index (χ2n) is 6.02. The van der Waals surface area contributed by atoms with Crippen LogP contribution in [0.2, 0.25) is 0 Å². The molecule has 0 radical (unpaired) electrons. The van der Waals surface area contributed by atoms with E-state index < -0.39 is 0 Å². The Kier molecular flexibility index (Phi) is 3.91. The summed E-state index contributed by atoms with van der Waals surface area (Å²) in [6.07, 6.45) is 17.5. The number of fused-ring (bicyclic) bond motifs is 2. The molecular weight excluding hydrogens is 298 g/mol. The largest absolute Gasteiger partial charge is 0.302 e. The van der Waals surface area contributed by atoms with E-state index in [9.17, 15) is 0 Å². The van der Waals surface area contributed by atoms with Crippen molar-refractivity contribution in [3.8, 4) is 0 Å². The molecule has 0 saturated heterocycles. The van der Waals surface area contributed by atoms with Crippen molar-refractivity contribution in [2.24, 2.45) is 16.9 Å². The highest BCUT2D eigenvalue weighted by molar-refractivity contribution is 5.35. The molecule has 2 aliphatic rings. The molecule has 2 aromatic heterocycles. The van der Waals surface area contributed by atoms with Gasteiger partial charge in [0, 0.05) is 24.6 Å². The van der Waals surface area contributed by atoms with Crippen molar-refractivity contribution in [3.63, 3.8) is 0 Å². The standard InChI is InChI=1S/C19H21N5/c1-2-24-19(23-12-6-5-9-18(23)22-24)21-20-14-15-10-11-16-7-3-4-8-17(16)13-15/h3-13,16-17,20H,2,14H2,1H3/b21-19-. The summed E-state index contributed by atoms with van der Waals surface area (Å²) in [5.74, 6) is 0.963. The number of nitrogens with one attached hydrogen (secondary N) is 1. The Hall–Kier alpha value is -2.82. The van der Waals surface area contributed by atoms with E-state index >= 15 is 0 Å². The number of hydrogen-bond acceptors (Lipinski definition) is 3. The van der Waals surface area contributed by atoms with Crippen LogP contribution in [0.25, 0.3) is 5.65 Å². The first-order valence-electron chi connectivity index (χ1n) is 8.40. The Morgan fingerprint density at radius 2 is 2.04 bits per heavy atom. The van der Waals surface area contributed by atoms with Crippen LogP contribution in [0, 0.1) is 11.8 Å². The molecule has 5 nitrogen and oxygen atoms in total. The average Bonchev–Trinajstić information content (AvgIpc) is 2.99. The molecule has 0 spiro atoms. The van der Waals surface area contributed by atoms with Gasteiger partial charge in [-0.2, -0.15) is 5.10 Å². The van der Waals surface area contributed by atoms with Crippen LogP contribution in [0.5, 0.6) is 0 Å². The van der Waals surface area contributed by atoms with Crippen LogP contribution in [-0.2, 0) is 6.54 Å². The lowest BCUT2D eigenvalue weighted by atomic mass is 9.83. The fraction of sp³-hybridized carbons (Fsp3) is 0.263. The summed E-state index contributed by atoms with van der Waals surface area (Å²) in [6, 6.07) is 5.96. The minimum atomic E-state index is 0.466. The molecule has 24 heavy (non-hydrogen) atoms. The summed E-state index contributed by atoms with van der Waals surface area (Å²) in [6.45, 7) is 3.56. The molecule has 5 heteroatoms. The van der Waals surface area contributed by atoms with Crippen LogP contribution >= 0.6 is 0 Å². The lowest BCUT2D eigenvalue weighted by molar-refractivity contribution is 0.591. The molecule has 2 heterocycles. The van der Waals surface area contributed by atoms with E-state index in [0.29, 0.717) is 18.4 Å². The third kappa shape index (κ3) is 2.73. The summed E-state index contributed by atoms with van der Waals surface area (Å²) >= 11 is 0. The molecular formula is C19H21N5. The summed E-state index contributed by atoms with van der Waals surface area (Å²) < 4.78 is 3.89. The first-order chi connectivity index (χ1) is 11.8. The first-order valence-corrected chi connectivity index (χ1v) is 8.40. The van der Waals surface area contributed by atoms with E-state index in [4.69, 9.17) is 0 Å². The van der Waals surface area contributed by atoms with Gasteiger partial charge in [-0.3, -0.25) is 4.40 Å². The van der Waals surface area contributed by atoms with E-state index in [2.05, 4.69) is 65.1 Å². The monoisotopic (exact) mass is 319 g/mol. The van der Waals surface area contributed by atoms with Crippen LogP contribution in [0.15, 0.2) is 77.6 Å². The van der Waals surface area contributed by atoms with Crippen LogP contribution in [0.3, 0.4) is 0 Å². The molecule has 0 bridgehead atoms. The quantitative estimate of drug-likeness (QED) is 0.880. The first kappa shape index (κ1) is 14.8. The zero-order valence-electron chi connectivity index (χ0n) is 13.7. The molecule has 2 unspecified atom stereocenters. The Bertz CT molecular complexity index is 923. The molecule has 1 N–H and O–H groups in total. The fourth-order valence-corrected chi connectivity index (χ4v) is 3.16. The Morgan fingerprint density at radius 3 is 2.92 bits per heavy atom. The lowest BCUT2D eigenvalue weighted by Crippen LogP contribution is -2.27. The van der Waals surface area contributed by atoms with E-state index in [-0.39, 0.29) is 0 Å². The maximum absolute atomic E-state index is 4.57. The number of hydrogen-bond donors (Lipinski definition) is 1. The summed E-state index contributed by atoms with van der Waals surface area (Å²) in [5.41, 5.74) is 6.18. The van der Waals surface area contributed by atoms with Gasteiger partial charge in [0.05, 0.1) is 6.54 Å². The Balaban J connectivity index is 1.54. The van der Waals surface area contributed by atoms with Gasteiger partial charge in [0.15, 0.2) is 5.65 Å². The van der Waals surface area contributed by atoms with Gasteiger partial charge in [-0.15, -0.1) is 5.10 Å². The third-order valence-corrected chi connectivity index (χ3v) is 4.43. The number of aromatic nitrogens is 3. The molecule has 2 aliphatic carbocycles. The topological polar surface area (TPSA) is 46.6 Å². The van der Waals surface area contributed by atoms with Crippen molar-refractivity contribution in [1.29, 1.82) is 0 Å². The highest BCUT2D eigenvalue weighted by Gasteiger charge is 2.17. The molecule has 4 rings (SSSR count). The number of rotatable bonds is 4. The predicted molar refractivity (Wildman–Crippen MR) is 94.9 cm³/mol. The van der Waals surface area contributed by atoms with Gasteiger partial charge in [0.1, 0.15) is 0 Å². The van der Waals surface area contributed by atoms with E-state index in [1.807, 2.05) is 33.5 Å². The molecule has 0 saturated carbocycles. The molecule has 2 atom stereocenters. The number of nitrogens with zero attached hydrogens (tertiary/aromatic N) is 4. The smallest absolute Gasteiger partial charge is 0.249 e. The summed E-state index contributed by atoms with van der Waals surface area (Å²) in [7, 11) is 0. The number of pyridine rings is 1. The molecule has 0 fully saturated rings. The second-order valence-corrected chi connectivity index (χ2v) is 6.02. The zero-order chi connectivity index (χ0) is 16.4. The summed E-state index contributed by atoms with van der Waals surface area (Å²) in [5, 5.41) is 9.12. The molecule has 2 aromatic rings. The third-order valence-electron chi connectivity index (χ3n) is 4.43. The van der Waals surface area contributed by atoms with Crippen LogP contribution in [-0.4, -0.2) is 20.7 Å². The van der Waals surface area contributed by atoms with Crippen molar-refractivity contribution in [1.82, 2.24) is 19.6 Å². The molecule has 0 aliphatic heterocycles. The van der Waals surface area contributed by atoms with Gasteiger partial charge in [0.25, 0.3) is 0 Å². The highest BCUT2D eigenvalue weighted by Crippen LogP contribution is 2.27. The SMILES string of the molecule is CCn1nc2ccccn2/c1=N/NCC1=CC2C=CC=CC2C=C1. The van der Waals surface area contributed by atoms with Gasteiger partial charge in [-0.25, -0.2) is 4.68 Å². The van der Waals surface area contributed by atoms with Crippen LogP contribution in [0.4, 0.5) is 0 Å². The minimum Gasteiger partial charge on any atom is -0.302 e. The zero-order valence-corrected chi connectivity index (χ0v) is 13.7. The van der Waals surface area contributed by atoms with Crippen LogP contribution in [0.1, 0.15) is 6.92 Å². The Morgan fingerprint density at radius 1 is 1.17 bits per heavy atom. The lowest BCUT2D eigenvalue weighted by Gasteiger charge is -2.22. The maximum Gasteiger partial charge on any atom is 0.249 e. The number of aryl methyl sites for hydroxylation is 1. The average molecular weight is 319 g/mol. The van der Waals surface area contributed by atoms with E-state index in [0.717, 1.165) is 17.8 Å². The Labute approximate surface area is 141 Å². The van der Waals surface area contributed by atoms with Gasteiger partial charge in [-0.05, 0) is 24.6 Å². The maximum atomic E-state index is 4.57. The van der Waals surface area contributed by atoms with E-state index in [1.165, 1.54) is 5.57 Å². The van der Waals surface area contributed by atoms with Gasteiger partial charge in [0.2, 0.25) is 5.62 Å². The van der Waals surface area contributed by atoms with Crippen molar-refractivity contribution in [3.05, 3.63) is 78.1 Å². The minimum absolute atomic E-state index is 0.466. The van der Waals surface area contributed by atoms with Crippen molar-refractivity contribution in [2.75, 3.05) is 6.54 Å². The fourth-order valence-electron chi connectivity index (χ4n) is 3.16. The molecule has 122 valence electrons. The van der Waals surface area contributed by atoms with Gasteiger partial charge >= 0.3 is 0 Å². The van der Waals surface area contributed by atoms with Crippen molar-refractivity contribution >= 4 is 5.65 Å². The van der Waals surface area contributed by atoms with Crippen molar-refractivity contribution in [2.45, 2.75) is 13.5 Å². The molecule has 0 aromatic carbocycles. The second kappa shape index (κ2) is 6.35.